The zero-order valence-corrected chi connectivity index (χ0v) is 10.5. The van der Waals surface area contributed by atoms with Gasteiger partial charge in [-0.2, -0.15) is 0 Å². The van der Waals surface area contributed by atoms with Crippen molar-refractivity contribution >= 4 is 17.2 Å². The monoisotopic (exact) mass is 249 g/mol. The van der Waals surface area contributed by atoms with E-state index in [0.29, 0.717) is 13.0 Å². The van der Waals surface area contributed by atoms with E-state index < -0.39 is 0 Å². The predicted octanol–water partition coefficient (Wildman–Crippen LogP) is 2.21. The first-order chi connectivity index (χ1) is 8.31. The molecule has 5 heteroatoms. The van der Waals surface area contributed by atoms with Crippen LogP contribution in [-0.2, 0) is 11.2 Å². The van der Waals surface area contributed by atoms with Gasteiger partial charge in [-0.1, -0.05) is 13.0 Å². The van der Waals surface area contributed by atoms with Crippen molar-refractivity contribution in [1.82, 2.24) is 15.3 Å². The lowest BCUT2D eigenvalue weighted by Crippen LogP contribution is -2.24. The molecule has 0 aliphatic heterocycles. The Labute approximate surface area is 104 Å². The number of H-pyrrole nitrogens is 1. The van der Waals surface area contributed by atoms with Gasteiger partial charge in [-0.3, -0.25) is 4.79 Å². The Morgan fingerprint density at radius 1 is 1.59 bits per heavy atom. The number of thiophene rings is 1. The van der Waals surface area contributed by atoms with Gasteiger partial charge >= 0.3 is 0 Å². The van der Waals surface area contributed by atoms with E-state index in [1.54, 1.807) is 17.7 Å². The zero-order chi connectivity index (χ0) is 12.1. The molecule has 0 aliphatic rings. The summed E-state index contributed by atoms with van der Waals surface area (Å²) < 4.78 is 0. The largest absolute Gasteiger partial charge is 0.356 e. The van der Waals surface area contributed by atoms with Crippen molar-refractivity contribution in [2.45, 2.75) is 19.8 Å². The average Bonchev–Trinajstić information content (AvgIpc) is 2.98. The summed E-state index contributed by atoms with van der Waals surface area (Å²) in [7, 11) is 0. The summed E-state index contributed by atoms with van der Waals surface area (Å²) in [6.45, 7) is 2.50. The summed E-state index contributed by atoms with van der Waals surface area (Å²) in [5.74, 6) is 0.0854. The van der Waals surface area contributed by atoms with Gasteiger partial charge < -0.3 is 10.3 Å². The Hall–Kier alpha value is -1.62. The van der Waals surface area contributed by atoms with Gasteiger partial charge in [0.25, 0.3) is 0 Å². The van der Waals surface area contributed by atoms with Crippen LogP contribution in [-0.4, -0.2) is 22.4 Å². The molecule has 0 saturated carbocycles. The molecule has 90 valence electrons. The van der Waals surface area contributed by atoms with Crippen LogP contribution in [0.5, 0.6) is 0 Å². The molecule has 0 radical (unpaired) electrons. The van der Waals surface area contributed by atoms with E-state index in [1.807, 2.05) is 18.4 Å². The third kappa shape index (κ3) is 2.94. The first-order valence-electron chi connectivity index (χ1n) is 5.64. The minimum Gasteiger partial charge on any atom is -0.356 e. The van der Waals surface area contributed by atoms with Crippen LogP contribution in [0.25, 0.3) is 10.6 Å². The molecular formula is C12H15N3OS. The lowest BCUT2D eigenvalue weighted by atomic mass is 10.2. The van der Waals surface area contributed by atoms with Crippen LogP contribution in [0.3, 0.4) is 0 Å². The number of nitrogens with one attached hydrogen (secondary N) is 2. The average molecular weight is 249 g/mol. The van der Waals surface area contributed by atoms with Gasteiger partial charge in [0.15, 0.2) is 0 Å². The minimum atomic E-state index is 0.0854. The van der Waals surface area contributed by atoms with Gasteiger partial charge in [-0.25, -0.2) is 4.98 Å². The van der Waals surface area contributed by atoms with Crippen molar-refractivity contribution in [3.05, 3.63) is 29.5 Å². The third-order valence-corrected chi connectivity index (χ3v) is 3.37. The van der Waals surface area contributed by atoms with Gasteiger partial charge in [-0.15, -0.1) is 11.3 Å². The maximum atomic E-state index is 11.1. The van der Waals surface area contributed by atoms with Crippen molar-refractivity contribution in [2.24, 2.45) is 0 Å². The minimum absolute atomic E-state index is 0.0854. The van der Waals surface area contributed by atoms with E-state index in [4.69, 9.17) is 0 Å². The normalized spacial score (nSPS) is 10.4. The maximum Gasteiger partial charge on any atom is 0.219 e. The summed E-state index contributed by atoms with van der Waals surface area (Å²) in [6.07, 6.45) is 3.01. The molecule has 0 unspecified atom stereocenters. The Morgan fingerprint density at radius 2 is 2.47 bits per heavy atom. The number of carbonyl (C=O) groups is 1. The van der Waals surface area contributed by atoms with E-state index in [0.717, 1.165) is 22.7 Å². The molecule has 2 rings (SSSR count). The predicted molar refractivity (Wildman–Crippen MR) is 68.9 cm³/mol. The number of aromatic amines is 1. The van der Waals surface area contributed by atoms with Gasteiger partial charge in [0.05, 0.1) is 11.2 Å². The molecule has 0 bridgehead atoms. The fourth-order valence-electron chi connectivity index (χ4n) is 1.59. The molecule has 2 N–H and O–H groups in total. The highest BCUT2D eigenvalue weighted by atomic mass is 32.1. The topological polar surface area (TPSA) is 57.8 Å². The lowest BCUT2D eigenvalue weighted by Gasteiger charge is -2.03. The number of hydrogen-bond acceptors (Lipinski definition) is 3. The number of hydrogen-bond donors (Lipinski definition) is 2. The molecule has 4 nitrogen and oxygen atoms in total. The molecule has 2 heterocycles. The van der Waals surface area contributed by atoms with E-state index >= 15 is 0 Å². The fourth-order valence-corrected chi connectivity index (χ4v) is 2.34. The second-order valence-electron chi connectivity index (χ2n) is 3.66. The van der Waals surface area contributed by atoms with Crippen LogP contribution < -0.4 is 5.32 Å². The molecule has 1 amide bonds. The summed E-state index contributed by atoms with van der Waals surface area (Å²) in [5.41, 5.74) is 2.06. The third-order valence-electron chi connectivity index (χ3n) is 2.49. The molecule has 2 aromatic heterocycles. The quantitative estimate of drug-likeness (QED) is 0.853. The molecule has 0 atom stereocenters. The highest BCUT2D eigenvalue weighted by Crippen LogP contribution is 2.25. The first kappa shape index (κ1) is 11.9. The second kappa shape index (κ2) is 5.63. The van der Waals surface area contributed by atoms with Gasteiger partial charge in [0, 0.05) is 25.1 Å². The second-order valence-corrected chi connectivity index (χ2v) is 4.61. The summed E-state index contributed by atoms with van der Waals surface area (Å²) in [4.78, 5) is 19.7. The van der Waals surface area contributed by atoms with E-state index in [2.05, 4.69) is 21.4 Å². The molecule has 0 aromatic carbocycles. The van der Waals surface area contributed by atoms with Crippen molar-refractivity contribution < 1.29 is 4.79 Å². The van der Waals surface area contributed by atoms with Crippen molar-refractivity contribution in [2.75, 3.05) is 6.54 Å². The molecule has 0 aliphatic carbocycles. The van der Waals surface area contributed by atoms with Crippen LogP contribution in [0.15, 0.2) is 23.8 Å². The van der Waals surface area contributed by atoms with Crippen LogP contribution in [0.4, 0.5) is 0 Å². The lowest BCUT2D eigenvalue weighted by molar-refractivity contribution is -0.120. The number of imidazole rings is 1. The summed E-state index contributed by atoms with van der Waals surface area (Å²) in [6, 6.07) is 4.06. The molecule has 0 fully saturated rings. The number of rotatable bonds is 5. The van der Waals surface area contributed by atoms with Gasteiger partial charge in [-0.05, 0) is 11.4 Å². The Balaban J connectivity index is 1.98. The highest BCUT2D eigenvalue weighted by molar-refractivity contribution is 7.13. The number of nitrogens with zero attached hydrogens (tertiary/aromatic N) is 1. The van der Waals surface area contributed by atoms with Crippen LogP contribution in [0, 0.1) is 0 Å². The van der Waals surface area contributed by atoms with E-state index in [9.17, 15) is 4.79 Å². The Kier molecular flexibility index (Phi) is 3.93. The summed E-state index contributed by atoms with van der Waals surface area (Å²) >= 11 is 1.67. The molecule has 2 aromatic rings. The molecule has 0 saturated heterocycles. The van der Waals surface area contributed by atoms with Crippen molar-refractivity contribution in [1.29, 1.82) is 0 Å². The highest BCUT2D eigenvalue weighted by Gasteiger charge is 2.08. The first-order valence-corrected chi connectivity index (χ1v) is 6.52. The fraction of sp³-hybridized carbons (Fsp3) is 0.333. The zero-order valence-electron chi connectivity index (χ0n) is 9.69. The SMILES string of the molecule is CCC(=O)NCCc1[nH]cnc1-c1cccs1. The molecule has 0 spiro atoms. The van der Waals surface area contributed by atoms with E-state index in [-0.39, 0.29) is 5.91 Å². The number of amides is 1. The van der Waals surface area contributed by atoms with E-state index in [1.165, 1.54) is 0 Å². The van der Waals surface area contributed by atoms with Crippen LogP contribution >= 0.6 is 11.3 Å². The standard InChI is InChI=1S/C12H15N3OS/c1-2-11(16)13-6-5-9-12(15-8-14-9)10-4-3-7-17-10/h3-4,7-8H,2,5-6H2,1H3,(H,13,16)(H,14,15). The number of aromatic nitrogens is 2. The Morgan fingerprint density at radius 3 is 3.18 bits per heavy atom. The van der Waals surface area contributed by atoms with Crippen molar-refractivity contribution in [3.8, 4) is 10.6 Å². The van der Waals surface area contributed by atoms with Gasteiger partial charge in [0.1, 0.15) is 5.69 Å². The van der Waals surface area contributed by atoms with Crippen molar-refractivity contribution in [3.63, 3.8) is 0 Å². The maximum absolute atomic E-state index is 11.1. The molecular weight excluding hydrogens is 234 g/mol. The number of carbonyl (C=O) groups excluding carboxylic acids is 1. The smallest absolute Gasteiger partial charge is 0.219 e. The molecule has 17 heavy (non-hydrogen) atoms. The van der Waals surface area contributed by atoms with Crippen LogP contribution in [0.2, 0.25) is 0 Å². The Bertz CT molecular complexity index is 476. The summed E-state index contributed by atoms with van der Waals surface area (Å²) in [5, 5.41) is 4.89. The van der Waals surface area contributed by atoms with Gasteiger partial charge in [0.2, 0.25) is 5.91 Å². The van der Waals surface area contributed by atoms with Crippen LogP contribution in [0.1, 0.15) is 19.0 Å².